The number of carbonyl (C=O) groups excluding carboxylic acids is 1. The minimum Gasteiger partial charge on any atom is -0.459 e. The molecule has 5 heteroatoms. The molecule has 0 saturated carbocycles. The lowest BCUT2D eigenvalue weighted by Gasteiger charge is -2.30. The van der Waals surface area contributed by atoms with Gasteiger partial charge in [-0.2, -0.15) is 0 Å². The van der Waals surface area contributed by atoms with Crippen molar-refractivity contribution in [2.24, 2.45) is 0 Å². The Morgan fingerprint density at radius 2 is 1.74 bits per heavy atom. The van der Waals surface area contributed by atoms with E-state index in [1.807, 2.05) is 11.1 Å². The van der Waals surface area contributed by atoms with Crippen LogP contribution in [0, 0.1) is 0 Å². The summed E-state index contributed by atoms with van der Waals surface area (Å²) in [5.41, 5.74) is 2.95. The minimum absolute atomic E-state index is 0.148. The Bertz CT molecular complexity index is 425. The van der Waals surface area contributed by atoms with Gasteiger partial charge in [-0.15, -0.1) is 0 Å². The number of hydrazine groups is 1. The third-order valence-electron chi connectivity index (χ3n) is 3.02. The highest BCUT2D eigenvalue weighted by Crippen LogP contribution is 2.10. The number of nitrogens with one attached hydrogen (secondary N) is 1. The van der Waals surface area contributed by atoms with E-state index in [-0.39, 0.29) is 18.0 Å². The topological polar surface area (TPSA) is 45.5 Å². The van der Waals surface area contributed by atoms with Gasteiger partial charge in [-0.25, -0.2) is 5.01 Å². The van der Waals surface area contributed by atoms with Gasteiger partial charge >= 0.3 is 5.91 Å². The molecule has 1 heterocycles. The largest absolute Gasteiger partial charge is 0.459 e. The second kappa shape index (κ2) is 5.92. The lowest BCUT2D eigenvalue weighted by Crippen LogP contribution is -2.52. The Kier molecular flexibility index (Phi) is 4.98. The quantitative estimate of drug-likeness (QED) is 0.667. The molecule has 1 aromatic heterocycles. The molecular weight excluding hydrogens is 256 g/mol. The Morgan fingerprint density at radius 3 is 2.16 bits per heavy atom. The fourth-order valence-corrected chi connectivity index (χ4v) is 3.52. The SMILES string of the molecule is CC(C)N(NC(=O)c1occc1[Si](C)(C)C)C(C)C. The normalized spacial score (nSPS) is 12.5. The molecule has 1 rings (SSSR count). The van der Waals surface area contributed by atoms with Gasteiger partial charge in [-0.1, -0.05) is 19.6 Å². The fraction of sp³-hybridized carbons (Fsp3) is 0.643. The van der Waals surface area contributed by atoms with Crippen LogP contribution in [0.15, 0.2) is 16.7 Å². The summed E-state index contributed by atoms with van der Waals surface area (Å²) in [6, 6.07) is 2.42. The molecule has 0 unspecified atom stereocenters. The molecule has 0 bridgehead atoms. The second-order valence-electron chi connectivity index (χ2n) is 6.45. The number of amides is 1. The zero-order chi connectivity index (χ0) is 14.8. The average molecular weight is 282 g/mol. The molecule has 0 radical (unpaired) electrons. The molecule has 0 atom stereocenters. The van der Waals surface area contributed by atoms with Crippen molar-refractivity contribution in [2.45, 2.75) is 59.4 Å². The summed E-state index contributed by atoms with van der Waals surface area (Å²) in [7, 11) is -1.57. The Balaban J connectivity index is 2.93. The van der Waals surface area contributed by atoms with Crippen LogP contribution in [0.1, 0.15) is 38.2 Å². The lowest BCUT2D eigenvalue weighted by molar-refractivity contribution is 0.0597. The summed E-state index contributed by atoms with van der Waals surface area (Å²) in [4.78, 5) is 12.4. The van der Waals surface area contributed by atoms with Gasteiger partial charge in [-0.05, 0) is 38.9 Å². The van der Waals surface area contributed by atoms with Crippen LogP contribution in [0.3, 0.4) is 0 Å². The third-order valence-corrected chi connectivity index (χ3v) is 5.03. The van der Waals surface area contributed by atoms with Gasteiger partial charge in [0.25, 0.3) is 0 Å². The summed E-state index contributed by atoms with van der Waals surface area (Å²) in [5.74, 6) is 0.315. The van der Waals surface area contributed by atoms with Crippen molar-refractivity contribution in [3.05, 3.63) is 18.1 Å². The summed E-state index contributed by atoms with van der Waals surface area (Å²) < 4.78 is 5.41. The van der Waals surface area contributed by atoms with Crippen LogP contribution in [-0.4, -0.2) is 31.1 Å². The smallest absolute Gasteiger partial charge is 0.301 e. The van der Waals surface area contributed by atoms with E-state index in [0.29, 0.717) is 5.76 Å². The van der Waals surface area contributed by atoms with Crippen LogP contribution in [0.5, 0.6) is 0 Å². The van der Waals surface area contributed by atoms with Crippen LogP contribution in [0.4, 0.5) is 0 Å². The molecule has 4 nitrogen and oxygen atoms in total. The second-order valence-corrected chi connectivity index (χ2v) is 11.5. The van der Waals surface area contributed by atoms with Crippen molar-refractivity contribution in [2.75, 3.05) is 0 Å². The van der Waals surface area contributed by atoms with E-state index in [1.165, 1.54) is 0 Å². The standard InChI is InChI=1S/C14H26N2O2Si/c1-10(2)16(11(3)4)15-14(17)13-12(8-9-18-13)19(5,6)7/h8-11H,1-7H3,(H,15,17). The Labute approximate surface area is 117 Å². The van der Waals surface area contributed by atoms with Crippen molar-refractivity contribution in [1.29, 1.82) is 0 Å². The number of rotatable bonds is 5. The first-order chi connectivity index (χ1) is 8.64. The summed E-state index contributed by atoms with van der Waals surface area (Å²) in [6.07, 6.45) is 1.61. The van der Waals surface area contributed by atoms with Crippen LogP contribution in [0.2, 0.25) is 19.6 Å². The molecule has 19 heavy (non-hydrogen) atoms. The molecule has 1 N–H and O–H groups in total. The van der Waals surface area contributed by atoms with E-state index in [2.05, 4.69) is 52.8 Å². The van der Waals surface area contributed by atoms with E-state index in [4.69, 9.17) is 4.42 Å². The highest BCUT2D eigenvalue weighted by Gasteiger charge is 2.28. The molecule has 1 amide bonds. The first-order valence-electron chi connectivity index (χ1n) is 6.82. The number of hydrogen-bond acceptors (Lipinski definition) is 3. The first kappa shape index (κ1) is 16.0. The fourth-order valence-electron chi connectivity index (χ4n) is 2.10. The van der Waals surface area contributed by atoms with Gasteiger partial charge < -0.3 is 4.42 Å². The summed E-state index contributed by atoms with van der Waals surface area (Å²) >= 11 is 0. The molecule has 0 fully saturated rings. The van der Waals surface area contributed by atoms with E-state index in [9.17, 15) is 4.79 Å². The van der Waals surface area contributed by atoms with E-state index in [1.54, 1.807) is 6.26 Å². The van der Waals surface area contributed by atoms with Gasteiger partial charge in [-0.3, -0.25) is 10.2 Å². The average Bonchev–Trinajstić information content (AvgIpc) is 2.72. The molecule has 0 aliphatic heterocycles. The first-order valence-corrected chi connectivity index (χ1v) is 10.3. The maximum atomic E-state index is 12.4. The monoisotopic (exact) mass is 282 g/mol. The highest BCUT2D eigenvalue weighted by atomic mass is 28.3. The van der Waals surface area contributed by atoms with Crippen LogP contribution < -0.4 is 10.6 Å². The number of hydrogen-bond donors (Lipinski definition) is 1. The van der Waals surface area contributed by atoms with Crippen LogP contribution in [-0.2, 0) is 0 Å². The Morgan fingerprint density at radius 1 is 1.21 bits per heavy atom. The van der Waals surface area contributed by atoms with Crippen molar-refractivity contribution in [3.8, 4) is 0 Å². The predicted octanol–water partition coefficient (Wildman–Crippen LogP) is 2.59. The summed E-state index contributed by atoms with van der Waals surface area (Å²) in [6.45, 7) is 14.8. The molecule has 1 aromatic rings. The molecule has 0 saturated heterocycles. The van der Waals surface area contributed by atoms with Crippen LogP contribution >= 0.6 is 0 Å². The minimum atomic E-state index is -1.57. The molecule has 0 aromatic carbocycles. The summed E-state index contributed by atoms with van der Waals surface area (Å²) in [5, 5.41) is 3.01. The van der Waals surface area contributed by atoms with Gasteiger partial charge in [0.15, 0.2) is 5.76 Å². The van der Waals surface area contributed by atoms with Gasteiger partial charge in [0.2, 0.25) is 0 Å². The lowest BCUT2D eigenvalue weighted by atomic mass is 10.3. The highest BCUT2D eigenvalue weighted by molar-refractivity contribution is 6.89. The molecular formula is C14H26N2O2Si. The molecule has 0 aliphatic rings. The third kappa shape index (κ3) is 3.94. The number of carbonyl (C=O) groups is 1. The van der Waals surface area contributed by atoms with E-state index < -0.39 is 8.07 Å². The van der Waals surface area contributed by atoms with Crippen molar-refractivity contribution in [1.82, 2.24) is 10.4 Å². The predicted molar refractivity (Wildman–Crippen MR) is 81.3 cm³/mol. The van der Waals surface area contributed by atoms with Crippen molar-refractivity contribution >= 4 is 19.2 Å². The maximum absolute atomic E-state index is 12.4. The van der Waals surface area contributed by atoms with E-state index >= 15 is 0 Å². The van der Waals surface area contributed by atoms with E-state index in [0.717, 1.165) is 5.19 Å². The Hall–Kier alpha value is -1.07. The molecule has 0 spiro atoms. The van der Waals surface area contributed by atoms with Gasteiger partial charge in [0, 0.05) is 12.1 Å². The zero-order valence-corrected chi connectivity index (χ0v) is 14.1. The van der Waals surface area contributed by atoms with Crippen molar-refractivity contribution in [3.63, 3.8) is 0 Å². The molecule has 0 aliphatic carbocycles. The van der Waals surface area contributed by atoms with Gasteiger partial charge in [0.05, 0.1) is 14.3 Å². The number of nitrogens with zero attached hydrogens (tertiary/aromatic N) is 1. The maximum Gasteiger partial charge on any atom is 0.301 e. The molecule has 108 valence electrons. The van der Waals surface area contributed by atoms with Crippen molar-refractivity contribution < 1.29 is 9.21 Å². The zero-order valence-electron chi connectivity index (χ0n) is 13.1. The van der Waals surface area contributed by atoms with Crippen LogP contribution in [0.25, 0.3) is 0 Å². The number of furan rings is 1. The van der Waals surface area contributed by atoms with Gasteiger partial charge in [0.1, 0.15) is 0 Å².